The van der Waals surface area contributed by atoms with Crippen LogP contribution in [0.1, 0.15) is 17.5 Å². The van der Waals surface area contributed by atoms with E-state index in [2.05, 4.69) is 155 Å². The van der Waals surface area contributed by atoms with Crippen molar-refractivity contribution in [2.45, 2.75) is 12.8 Å². The molecule has 10 aromatic rings. The third-order valence-corrected chi connectivity index (χ3v) is 12.0. The fourth-order valence-corrected chi connectivity index (χ4v) is 9.07. The van der Waals surface area contributed by atoms with Crippen LogP contribution in [0.2, 0.25) is 0 Å². The fraction of sp³-hybridized carbons (Fsp3) is 0.0345. The van der Waals surface area contributed by atoms with E-state index >= 15 is 0 Å². The van der Waals surface area contributed by atoms with E-state index in [1.165, 1.54) is 49.9 Å². The van der Waals surface area contributed by atoms with E-state index < -0.39 is 0 Å². The van der Waals surface area contributed by atoms with Crippen LogP contribution < -0.4 is 9.80 Å². The molecule has 6 aromatic carbocycles. The third-order valence-electron chi connectivity index (χ3n) is 12.0. The Hall–Kier alpha value is -8.48. The Morgan fingerprint density at radius 2 is 0.750 bits per heavy atom. The van der Waals surface area contributed by atoms with Crippen LogP contribution in [0, 0.1) is 0 Å². The molecule has 0 amide bonds. The van der Waals surface area contributed by atoms with Gasteiger partial charge in [-0.25, -0.2) is 19.9 Å². The minimum absolute atomic E-state index is 0.785. The van der Waals surface area contributed by atoms with Crippen LogP contribution in [0.4, 0.5) is 29.0 Å². The van der Waals surface area contributed by atoms with E-state index in [1.54, 1.807) is 0 Å². The first kappa shape index (κ1) is 38.4. The maximum absolute atomic E-state index is 4.87. The molecule has 0 N–H and O–H groups in total. The van der Waals surface area contributed by atoms with E-state index in [0.717, 1.165) is 64.0 Å². The smallest absolute Gasteiger partial charge is 0.138 e. The Balaban J connectivity index is 1.21. The second-order valence-corrected chi connectivity index (χ2v) is 15.8. The molecule has 0 bridgehead atoms. The van der Waals surface area contributed by atoms with Crippen molar-refractivity contribution in [2.75, 3.05) is 9.80 Å². The predicted octanol–water partition coefficient (Wildman–Crippen LogP) is 14.7. The standard InChI is InChI=1S/C58H42N6/c1-3-15-41(16-4-1)43-23-27-45(28-24-43)57-49-33-31-47(63(53-19-7-11-35-59-53)54-20-8-12-36-60-54)39-51(49)58(46-29-25-44(26-30-46)42-17-5-2-6-18-42)52-40-48(32-34-50(52)57)64(55-21-9-13-37-61-55)56-22-10-14-38-62-56/h1-31,33,35-40H,32,34H2. The van der Waals surface area contributed by atoms with E-state index in [0.29, 0.717) is 0 Å². The van der Waals surface area contributed by atoms with Crippen molar-refractivity contribution >= 4 is 45.8 Å². The van der Waals surface area contributed by atoms with E-state index in [9.17, 15) is 0 Å². The molecule has 64 heavy (non-hydrogen) atoms. The molecule has 1 aliphatic rings. The highest BCUT2D eigenvalue weighted by atomic mass is 15.2. The van der Waals surface area contributed by atoms with Gasteiger partial charge < -0.3 is 0 Å². The van der Waals surface area contributed by atoms with Crippen molar-refractivity contribution in [3.8, 4) is 44.5 Å². The van der Waals surface area contributed by atoms with Gasteiger partial charge in [0.1, 0.15) is 23.3 Å². The molecule has 304 valence electrons. The number of anilines is 5. The first-order valence-electron chi connectivity index (χ1n) is 21.7. The SMILES string of the molecule is C1=C(N(c2ccccn2)c2ccccn2)CCc2c1c(-c1ccc(-c3ccccc3)cc1)c1cc(N(c3ccccn3)c3ccccn3)ccc1c2-c1ccc(-c2ccccc2)cc1. The lowest BCUT2D eigenvalue weighted by atomic mass is 9.79. The Bertz CT molecular complexity index is 3140. The number of fused-ring (bicyclic) bond motifs is 2. The number of hydrogen-bond acceptors (Lipinski definition) is 6. The average molecular weight is 823 g/mol. The van der Waals surface area contributed by atoms with Crippen molar-refractivity contribution in [3.05, 3.63) is 242 Å². The van der Waals surface area contributed by atoms with Crippen LogP contribution in [0.15, 0.2) is 231 Å². The van der Waals surface area contributed by atoms with Gasteiger partial charge in [-0.15, -0.1) is 0 Å². The van der Waals surface area contributed by atoms with Crippen LogP contribution in [0.3, 0.4) is 0 Å². The third kappa shape index (κ3) is 7.37. The molecule has 4 aromatic heterocycles. The molecule has 4 heterocycles. The second kappa shape index (κ2) is 17.1. The zero-order valence-electron chi connectivity index (χ0n) is 35.0. The maximum atomic E-state index is 4.87. The first-order chi connectivity index (χ1) is 31.8. The molecule has 0 saturated heterocycles. The molecule has 0 radical (unpaired) electrons. The van der Waals surface area contributed by atoms with Gasteiger partial charge in [-0.1, -0.05) is 140 Å². The number of rotatable bonds is 10. The minimum Gasteiger partial charge on any atom is -0.283 e. The van der Waals surface area contributed by atoms with Crippen molar-refractivity contribution in [2.24, 2.45) is 0 Å². The Kier molecular flexibility index (Phi) is 10.3. The molecule has 6 nitrogen and oxygen atoms in total. The molecule has 0 aliphatic heterocycles. The van der Waals surface area contributed by atoms with Crippen LogP contribution in [0.25, 0.3) is 61.4 Å². The van der Waals surface area contributed by atoms with Crippen LogP contribution in [-0.2, 0) is 6.42 Å². The lowest BCUT2D eigenvalue weighted by Crippen LogP contribution is -2.21. The molecule has 11 rings (SSSR count). The molecule has 0 fully saturated rings. The summed E-state index contributed by atoms with van der Waals surface area (Å²) in [6, 6.07) is 70.3. The van der Waals surface area contributed by atoms with E-state index in [1.807, 2.05) is 85.5 Å². The molecule has 0 atom stereocenters. The lowest BCUT2D eigenvalue weighted by molar-refractivity contribution is 0.882. The Morgan fingerprint density at radius 3 is 1.22 bits per heavy atom. The van der Waals surface area contributed by atoms with E-state index in [-0.39, 0.29) is 0 Å². The highest BCUT2D eigenvalue weighted by Gasteiger charge is 2.28. The zero-order chi connectivity index (χ0) is 42.7. The first-order valence-corrected chi connectivity index (χ1v) is 21.7. The predicted molar refractivity (Wildman–Crippen MR) is 263 cm³/mol. The van der Waals surface area contributed by atoms with Gasteiger partial charge in [-0.3, -0.25) is 9.80 Å². The Labute approximate surface area is 373 Å². The van der Waals surface area contributed by atoms with Crippen molar-refractivity contribution in [1.29, 1.82) is 0 Å². The Morgan fingerprint density at radius 1 is 0.328 bits per heavy atom. The summed E-state index contributed by atoms with van der Waals surface area (Å²) >= 11 is 0. The van der Waals surface area contributed by atoms with Crippen LogP contribution >= 0.6 is 0 Å². The molecule has 0 unspecified atom stereocenters. The highest BCUT2D eigenvalue weighted by molar-refractivity contribution is 6.12. The quantitative estimate of drug-likeness (QED) is 0.137. The highest BCUT2D eigenvalue weighted by Crippen LogP contribution is 2.49. The molecule has 1 aliphatic carbocycles. The number of allylic oxidation sites excluding steroid dienone is 1. The van der Waals surface area contributed by atoms with Gasteiger partial charge in [0.05, 0.1) is 0 Å². The fourth-order valence-electron chi connectivity index (χ4n) is 9.07. The molecular formula is C58H42N6. The number of hydrogen-bond donors (Lipinski definition) is 0. The van der Waals surface area contributed by atoms with Crippen molar-refractivity contribution < 1.29 is 0 Å². The van der Waals surface area contributed by atoms with Crippen molar-refractivity contribution in [1.82, 2.24) is 19.9 Å². The number of benzene rings is 6. The summed E-state index contributed by atoms with van der Waals surface area (Å²) in [4.78, 5) is 23.8. The zero-order valence-corrected chi connectivity index (χ0v) is 35.0. The van der Waals surface area contributed by atoms with E-state index in [4.69, 9.17) is 19.9 Å². The largest absolute Gasteiger partial charge is 0.283 e. The topological polar surface area (TPSA) is 58.0 Å². The maximum Gasteiger partial charge on any atom is 0.138 e. The summed E-state index contributed by atoms with van der Waals surface area (Å²) in [6.45, 7) is 0. The monoisotopic (exact) mass is 822 g/mol. The van der Waals surface area contributed by atoms with Gasteiger partial charge in [0.15, 0.2) is 0 Å². The van der Waals surface area contributed by atoms with Gasteiger partial charge in [-0.05, 0) is 146 Å². The molecular weight excluding hydrogens is 781 g/mol. The normalized spacial score (nSPS) is 12.0. The van der Waals surface area contributed by atoms with Gasteiger partial charge in [0.25, 0.3) is 0 Å². The summed E-state index contributed by atoms with van der Waals surface area (Å²) in [5.74, 6) is 3.22. The summed E-state index contributed by atoms with van der Waals surface area (Å²) in [5.41, 5.74) is 14.0. The van der Waals surface area contributed by atoms with Gasteiger partial charge >= 0.3 is 0 Å². The summed E-state index contributed by atoms with van der Waals surface area (Å²) < 4.78 is 0. The van der Waals surface area contributed by atoms with Gasteiger partial charge in [0, 0.05) is 36.2 Å². The van der Waals surface area contributed by atoms with Crippen LogP contribution in [0.5, 0.6) is 0 Å². The second-order valence-electron chi connectivity index (χ2n) is 15.8. The molecule has 0 spiro atoms. The number of aromatic nitrogens is 4. The number of nitrogens with zero attached hydrogens (tertiary/aromatic N) is 6. The number of pyridine rings is 4. The lowest BCUT2D eigenvalue weighted by Gasteiger charge is -2.31. The average Bonchev–Trinajstić information content (AvgIpc) is 3.38. The van der Waals surface area contributed by atoms with Gasteiger partial charge in [0.2, 0.25) is 0 Å². The summed E-state index contributed by atoms with van der Waals surface area (Å²) in [6.07, 6.45) is 11.4. The summed E-state index contributed by atoms with van der Waals surface area (Å²) in [5, 5.41) is 2.31. The van der Waals surface area contributed by atoms with Crippen LogP contribution in [-0.4, -0.2) is 19.9 Å². The summed E-state index contributed by atoms with van der Waals surface area (Å²) in [7, 11) is 0. The molecule has 0 saturated carbocycles. The minimum atomic E-state index is 0.785. The van der Waals surface area contributed by atoms with Crippen molar-refractivity contribution in [3.63, 3.8) is 0 Å². The molecule has 6 heteroatoms. The van der Waals surface area contributed by atoms with Gasteiger partial charge in [-0.2, -0.15) is 0 Å².